The van der Waals surface area contributed by atoms with E-state index in [1.807, 2.05) is 19.9 Å². The number of halogens is 1. The van der Waals surface area contributed by atoms with Crippen LogP contribution in [0.2, 0.25) is 5.02 Å². The number of hydrogen-bond donors (Lipinski definition) is 1. The van der Waals surface area contributed by atoms with Crippen molar-refractivity contribution in [1.29, 1.82) is 0 Å². The Morgan fingerprint density at radius 1 is 1.07 bits per heavy atom. The van der Waals surface area contributed by atoms with Gasteiger partial charge in [0.05, 0.1) is 35.0 Å². The van der Waals surface area contributed by atoms with Gasteiger partial charge in [0, 0.05) is 17.0 Å². The first-order valence-electron chi connectivity index (χ1n) is 14.9. The number of unbranched alkanes of at least 4 members (excludes halogenated alkanes) is 2. The average Bonchev–Trinajstić information content (AvgIpc) is 3.67. The van der Waals surface area contributed by atoms with Crippen molar-refractivity contribution in [2.75, 3.05) is 18.1 Å². The first-order valence-corrected chi connectivity index (χ1v) is 16.0. The van der Waals surface area contributed by atoms with Gasteiger partial charge < -0.3 is 19.3 Å². The van der Waals surface area contributed by atoms with Crippen molar-refractivity contribution in [1.82, 2.24) is 4.98 Å². The number of carbonyl (C=O) groups is 2. The normalized spacial score (nSPS) is 19.0. The Morgan fingerprint density at radius 2 is 1.91 bits per heavy atom. The summed E-state index contributed by atoms with van der Waals surface area (Å²) in [7, 11) is 0. The molecule has 0 spiro atoms. The highest BCUT2D eigenvalue weighted by atomic mass is 35.5. The van der Waals surface area contributed by atoms with Gasteiger partial charge in [-0.1, -0.05) is 48.8 Å². The van der Waals surface area contributed by atoms with E-state index in [1.54, 1.807) is 48.5 Å². The Morgan fingerprint density at radius 3 is 2.70 bits per heavy atom. The zero-order chi connectivity index (χ0) is 31.0. The molecule has 6 rings (SSSR count). The number of anilines is 1. The van der Waals surface area contributed by atoms with E-state index in [1.165, 1.54) is 16.2 Å². The van der Waals surface area contributed by atoms with E-state index in [9.17, 15) is 14.7 Å². The fraction of sp³-hybridized carbons (Fsp3) is 0.324. The van der Waals surface area contributed by atoms with E-state index in [0.717, 1.165) is 35.3 Å². The average molecular weight is 633 g/mol. The van der Waals surface area contributed by atoms with E-state index < -0.39 is 17.7 Å². The third kappa shape index (κ3) is 5.62. The van der Waals surface area contributed by atoms with Crippen molar-refractivity contribution in [3.05, 3.63) is 81.9 Å². The zero-order valence-corrected chi connectivity index (χ0v) is 26.3. The molecule has 0 radical (unpaired) electrons. The maximum absolute atomic E-state index is 13.8. The molecule has 1 N–H and O–H groups in total. The Balaban J connectivity index is 1.49. The van der Waals surface area contributed by atoms with Gasteiger partial charge in [-0.15, -0.1) is 0 Å². The van der Waals surface area contributed by atoms with Crippen molar-refractivity contribution in [3.63, 3.8) is 0 Å². The third-order valence-electron chi connectivity index (χ3n) is 7.75. The first kappa shape index (κ1) is 30.0. The molecule has 8 nitrogen and oxygen atoms in total. The summed E-state index contributed by atoms with van der Waals surface area (Å²) in [6, 6.07) is 15.0. The summed E-state index contributed by atoms with van der Waals surface area (Å²) in [5.41, 5.74) is 2.55. The molecule has 10 heteroatoms. The summed E-state index contributed by atoms with van der Waals surface area (Å²) in [6.07, 6.45) is 3.74. The van der Waals surface area contributed by atoms with E-state index in [-0.39, 0.29) is 17.4 Å². The number of aromatic nitrogens is 1. The molecule has 0 saturated carbocycles. The Bertz CT molecular complexity index is 1780. The number of nitrogens with zero attached hydrogens (tertiary/aromatic N) is 2. The monoisotopic (exact) mass is 632 g/mol. The first-order chi connectivity index (χ1) is 21.3. The summed E-state index contributed by atoms with van der Waals surface area (Å²) in [5.74, 6) is -0.0291. The predicted molar refractivity (Wildman–Crippen MR) is 172 cm³/mol. The third-order valence-corrected chi connectivity index (χ3v) is 9.00. The second kappa shape index (κ2) is 12.5. The molecule has 0 unspecified atom stereocenters. The minimum absolute atomic E-state index is 0.0141. The number of fused-ring (bicyclic) bond motifs is 2. The van der Waals surface area contributed by atoms with Crippen LogP contribution in [0.1, 0.15) is 62.8 Å². The van der Waals surface area contributed by atoms with Crippen molar-refractivity contribution in [2.45, 2.75) is 58.6 Å². The van der Waals surface area contributed by atoms with Crippen molar-refractivity contribution < 1.29 is 28.9 Å². The van der Waals surface area contributed by atoms with Crippen LogP contribution < -0.4 is 19.1 Å². The van der Waals surface area contributed by atoms with Gasteiger partial charge in [-0.05, 0) is 79.9 Å². The number of aliphatic hydroxyl groups is 1. The zero-order valence-electron chi connectivity index (χ0n) is 24.8. The van der Waals surface area contributed by atoms with Crippen LogP contribution >= 0.6 is 22.9 Å². The van der Waals surface area contributed by atoms with Crippen molar-refractivity contribution in [3.8, 4) is 17.2 Å². The summed E-state index contributed by atoms with van der Waals surface area (Å²) in [5, 5.41) is 12.6. The SMILES string of the molecule is CCCCCOc1ccc([C@@H]2C(=C(O)c3ccc4c(c3)C[C@@H](C)O4)C(=O)C(=O)N2c2nc3ccc(Cl)cc3s2)cc1OCC. The van der Waals surface area contributed by atoms with Gasteiger partial charge in [0.25, 0.3) is 5.78 Å². The van der Waals surface area contributed by atoms with Crippen LogP contribution in [0.4, 0.5) is 5.13 Å². The molecule has 1 amide bonds. The molecule has 1 saturated heterocycles. The molecular weight excluding hydrogens is 600 g/mol. The second-order valence-electron chi connectivity index (χ2n) is 10.9. The number of thiazole rings is 1. The number of aliphatic hydroxyl groups excluding tert-OH is 1. The summed E-state index contributed by atoms with van der Waals surface area (Å²) < 4.78 is 18.6. The number of benzene rings is 3. The van der Waals surface area contributed by atoms with Gasteiger partial charge in [-0.2, -0.15) is 0 Å². The largest absolute Gasteiger partial charge is 0.507 e. The molecule has 1 aromatic heterocycles. The molecular formula is C34H33ClN2O6S. The molecule has 0 aliphatic carbocycles. The second-order valence-corrected chi connectivity index (χ2v) is 12.4. The topological polar surface area (TPSA) is 98.2 Å². The van der Waals surface area contributed by atoms with E-state index >= 15 is 0 Å². The van der Waals surface area contributed by atoms with Gasteiger partial charge in [0.15, 0.2) is 16.6 Å². The van der Waals surface area contributed by atoms with Crippen LogP contribution in [0, 0.1) is 0 Å². The Kier molecular flexibility index (Phi) is 8.51. The smallest absolute Gasteiger partial charge is 0.301 e. The molecule has 2 aliphatic heterocycles. The number of hydrogen-bond acceptors (Lipinski definition) is 8. The maximum Gasteiger partial charge on any atom is 0.301 e. The lowest BCUT2D eigenvalue weighted by Gasteiger charge is -2.24. The number of carbonyl (C=O) groups excluding carboxylic acids is 2. The molecule has 1 fully saturated rings. The molecule has 228 valence electrons. The maximum atomic E-state index is 13.8. The number of Topliss-reactive ketones (excluding diaryl/α,β-unsaturated/α-hetero) is 1. The minimum atomic E-state index is -0.970. The van der Waals surface area contributed by atoms with Crippen LogP contribution in [0.15, 0.2) is 60.2 Å². The quantitative estimate of drug-likeness (QED) is 0.0822. The molecule has 0 bridgehead atoms. The summed E-state index contributed by atoms with van der Waals surface area (Å²) in [4.78, 5) is 33.6. The van der Waals surface area contributed by atoms with Gasteiger partial charge >= 0.3 is 5.91 Å². The van der Waals surface area contributed by atoms with Gasteiger partial charge in [-0.3, -0.25) is 14.5 Å². The molecule has 4 aromatic rings. The van der Waals surface area contributed by atoms with Crippen LogP contribution in [0.3, 0.4) is 0 Å². The number of ketones is 1. The standard InChI is InChI=1S/C34H33ClN2O6S/c1-4-6-7-14-42-26-13-8-20(17-27(26)41-5-2)30-29(31(38)21-9-12-25-22(16-21)15-19(3)43-25)32(39)33(40)37(30)34-36-24-11-10-23(35)18-28(24)44-34/h8-13,16-19,30,38H,4-7,14-15H2,1-3H3/t19-,30-/m1/s1. The Labute approximate surface area is 264 Å². The fourth-order valence-electron chi connectivity index (χ4n) is 5.68. The number of amides is 1. The van der Waals surface area contributed by atoms with E-state index in [2.05, 4.69) is 11.9 Å². The minimum Gasteiger partial charge on any atom is -0.507 e. The lowest BCUT2D eigenvalue weighted by molar-refractivity contribution is -0.132. The highest BCUT2D eigenvalue weighted by molar-refractivity contribution is 7.22. The molecule has 3 heterocycles. The van der Waals surface area contributed by atoms with Crippen LogP contribution in [0.5, 0.6) is 17.2 Å². The molecule has 2 atom stereocenters. The highest BCUT2D eigenvalue weighted by Gasteiger charge is 2.48. The van der Waals surface area contributed by atoms with E-state index in [4.69, 9.17) is 25.8 Å². The molecule has 2 aliphatic rings. The predicted octanol–water partition coefficient (Wildman–Crippen LogP) is 7.87. The number of ether oxygens (including phenoxy) is 3. The summed E-state index contributed by atoms with van der Waals surface area (Å²) in [6.45, 7) is 6.92. The van der Waals surface area contributed by atoms with Crippen molar-refractivity contribution in [2.24, 2.45) is 0 Å². The highest BCUT2D eigenvalue weighted by Crippen LogP contribution is 2.46. The van der Waals surface area contributed by atoms with Gasteiger partial charge in [0.2, 0.25) is 0 Å². The lowest BCUT2D eigenvalue weighted by atomic mass is 9.94. The van der Waals surface area contributed by atoms with Crippen LogP contribution in [-0.2, 0) is 16.0 Å². The van der Waals surface area contributed by atoms with Crippen LogP contribution in [-0.4, -0.2) is 41.1 Å². The van der Waals surface area contributed by atoms with Gasteiger partial charge in [0.1, 0.15) is 17.6 Å². The van der Waals surface area contributed by atoms with Gasteiger partial charge in [-0.25, -0.2) is 4.98 Å². The Hall–Kier alpha value is -4.08. The fourth-order valence-corrected chi connectivity index (χ4v) is 6.94. The lowest BCUT2D eigenvalue weighted by Crippen LogP contribution is -2.29. The van der Waals surface area contributed by atoms with Crippen molar-refractivity contribution >= 4 is 55.7 Å². The number of rotatable bonds is 10. The molecule has 3 aromatic carbocycles. The van der Waals surface area contributed by atoms with Crippen LogP contribution in [0.25, 0.3) is 16.0 Å². The van der Waals surface area contributed by atoms with E-state index in [0.29, 0.717) is 57.9 Å². The molecule has 44 heavy (non-hydrogen) atoms. The summed E-state index contributed by atoms with van der Waals surface area (Å²) >= 11 is 7.48.